The van der Waals surface area contributed by atoms with Crippen LogP contribution in [0.3, 0.4) is 0 Å². The van der Waals surface area contributed by atoms with Crippen LogP contribution >= 0.6 is 23.2 Å². The Balaban J connectivity index is 2.00. The van der Waals surface area contributed by atoms with Crippen molar-refractivity contribution >= 4 is 35.1 Å². The monoisotopic (exact) mass is 315 g/mol. The smallest absolute Gasteiger partial charge is 0.308 e. The predicted molar refractivity (Wildman–Crippen MR) is 77.1 cm³/mol. The molecule has 0 aliphatic carbocycles. The summed E-state index contributed by atoms with van der Waals surface area (Å²) in [5, 5.41) is 9.89. The van der Waals surface area contributed by atoms with E-state index in [1.165, 1.54) is 0 Å². The molecule has 1 aliphatic rings. The minimum absolute atomic E-state index is 0.0747. The zero-order chi connectivity index (χ0) is 14.7. The number of aliphatic carboxylic acids is 1. The molecule has 2 rings (SSSR count). The third-order valence-corrected chi connectivity index (χ3v) is 4.20. The lowest BCUT2D eigenvalue weighted by Crippen LogP contribution is -2.42. The molecule has 1 aromatic carbocycles. The molecule has 0 unspecified atom stereocenters. The first-order valence-corrected chi connectivity index (χ1v) is 7.17. The lowest BCUT2D eigenvalue weighted by atomic mass is 9.97. The number of benzene rings is 1. The van der Waals surface area contributed by atoms with Crippen molar-refractivity contribution in [3.8, 4) is 0 Å². The van der Waals surface area contributed by atoms with Crippen LogP contribution < -0.4 is 0 Å². The Labute approximate surface area is 127 Å². The average molecular weight is 316 g/mol. The van der Waals surface area contributed by atoms with E-state index in [4.69, 9.17) is 28.3 Å². The first-order valence-electron chi connectivity index (χ1n) is 6.42. The molecule has 20 heavy (non-hydrogen) atoms. The number of nitrogens with zero attached hydrogens (tertiary/aromatic N) is 1. The van der Waals surface area contributed by atoms with Crippen molar-refractivity contribution < 1.29 is 14.7 Å². The van der Waals surface area contributed by atoms with Crippen LogP contribution in [-0.2, 0) is 16.0 Å². The van der Waals surface area contributed by atoms with Gasteiger partial charge in [-0.15, -0.1) is 0 Å². The van der Waals surface area contributed by atoms with Gasteiger partial charge in [-0.2, -0.15) is 0 Å². The maximum Gasteiger partial charge on any atom is 0.308 e. The summed E-state index contributed by atoms with van der Waals surface area (Å²) in [6.45, 7) is 0.902. The quantitative estimate of drug-likeness (QED) is 0.933. The number of likely N-dealkylation sites (tertiary alicyclic amines) is 1. The summed E-state index contributed by atoms with van der Waals surface area (Å²) in [6, 6.07) is 5.08. The Morgan fingerprint density at radius 3 is 2.70 bits per heavy atom. The van der Waals surface area contributed by atoms with Gasteiger partial charge in [0, 0.05) is 13.1 Å². The van der Waals surface area contributed by atoms with Gasteiger partial charge in [0.05, 0.1) is 22.4 Å². The number of carbonyl (C=O) groups is 2. The molecule has 1 saturated heterocycles. The number of hydrogen-bond donors (Lipinski definition) is 1. The molecule has 6 heteroatoms. The molecule has 0 aromatic heterocycles. The topological polar surface area (TPSA) is 57.6 Å². The fraction of sp³-hybridized carbons (Fsp3) is 0.429. The SMILES string of the molecule is O=C(O)[C@@H]1CCCN(C(=O)Cc2ccc(Cl)c(Cl)c2)C1. The van der Waals surface area contributed by atoms with Gasteiger partial charge in [0.15, 0.2) is 0 Å². The van der Waals surface area contributed by atoms with Gasteiger partial charge in [-0.1, -0.05) is 29.3 Å². The molecule has 4 nitrogen and oxygen atoms in total. The van der Waals surface area contributed by atoms with Crippen molar-refractivity contribution in [2.45, 2.75) is 19.3 Å². The second-order valence-corrected chi connectivity index (χ2v) is 5.76. The molecular formula is C14H15Cl2NO3. The van der Waals surface area contributed by atoms with Crippen LogP contribution in [0.2, 0.25) is 10.0 Å². The van der Waals surface area contributed by atoms with E-state index in [-0.39, 0.29) is 18.9 Å². The van der Waals surface area contributed by atoms with E-state index < -0.39 is 11.9 Å². The Kier molecular flexibility index (Phi) is 4.89. The third kappa shape index (κ3) is 3.64. The van der Waals surface area contributed by atoms with Crippen molar-refractivity contribution in [3.63, 3.8) is 0 Å². The van der Waals surface area contributed by atoms with Gasteiger partial charge in [0.1, 0.15) is 0 Å². The molecule has 0 saturated carbocycles. The molecule has 1 aromatic rings. The number of carbonyl (C=O) groups excluding carboxylic acids is 1. The van der Waals surface area contributed by atoms with Gasteiger partial charge < -0.3 is 10.0 Å². The Morgan fingerprint density at radius 1 is 1.30 bits per heavy atom. The van der Waals surface area contributed by atoms with Crippen LogP contribution in [0.15, 0.2) is 18.2 Å². The fourth-order valence-electron chi connectivity index (χ4n) is 2.34. The maximum absolute atomic E-state index is 12.2. The van der Waals surface area contributed by atoms with E-state index in [1.54, 1.807) is 23.1 Å². The van der Waals surface area contributed by atoms with Crippen molar-refractivity contribution in [3.05, 3.63) is 33.8 Å². The van der Waals surface area contributed by atoms with Gasteiger partial charge >= 0.3 is 5.97 Å². The molecule has 0 radical (unpaired) electrons. The van der Waals surface area contributed by atoms with E-state index in [1.807, 2.05) is 0 Å². The van der Waals surface area contributed by atoms with Crippen LogP contribution in [0.1, 0.15) is 18.4 Å². The number of piperidine rings is 1. The van der Waals surface area contributed by atoms with E-state index in [2.05, 4.69) is 0 Å². The summed E-state index contributed by atoms with van der Waals surface area (Å²) in [4.78, 5) is 24.8. The number of hydrogen-bond acceptors (Lipinski definition) is 2. The maximum atomic E-state index is 12.2. The van der Waals surface area contributed by atoms with Gasteiger partial charge in [0.25, 0.3) is 0 Å². The van der Waals surface area contributed by atoms with E-state index >= 15 is 0 Å². The molecule has 1 atom stereocenters. The Hall–Kier alpha value is -1.26. The van der Waals surface area contributed by atoms with Crippen LogP contribution in [-0.4, -0.2) is 35.0 Å². The third-order valence-electron chi connectivity index (χ3n) is 3.46. The summed E-state index contributed by atoms with van der Waals surface area (Å²) in [7, 11) is 0. The normalized spacial score (nSPS) is 18.9. The fourth-order valence-corrected chi connectivity index (χ4v) is 2.66. The van der Waals surface area contributed by atoms with Crippen LogP contribution in [0, 0.1) is 5.92 Å². The number of carboxylic acids is 1. The molecule has 1 amide bonds. The lowest BCUT2D eigenvalue weighted by Gasteiger charge is -2.30. The van der Waals surface area contributed by atoms with Gasteiger partial charge in [-0.25, -0.2) is 0 Å². The summed E-state index contributed by atoms with van der Waals surface area (Å²) in [5.74, 6) is -1.37. The van der Waals surface area contributed by atoms with Crippen molar-refractivity contribution in [1.29, 1.82) is 0 Å². The van der Waals surface area contributed by atoms with Crippen LogP contribution in [0.4, 0.5) is 0 Å². The molecular weight excluding hydrogens is 301 g/mol. The summed E-state index contributed by atoms with van der Waals surface area (Å²) in [6.07, 6.45) is 1.57. The minimum Gasteiger partial charge on any atom is -0.481 e. The summed E-state index contributed by atoms with van der Waals surface area (Å²) >= 11 is 11.7. The Morgan fingerprint density at radius 2 is 2.05 bits per heavy atom. The predicted octanol–water partition coefficient (Wildman–Crippen LogP) is 2.86. The van der Waals surface area contributed by atoms with Gasteiger partial charge in [0.2, 0.25) is 5.91 Å². The van der Waals surface area contributed by atoms with Gasteiger partial charge in [-0.05, 0) is 30.5 Å². The summed E-state index contributed by atoms with van der Waals surface area (Å²) < 4.78 is 0. The number of amides is 1. The highest BCUT2D eigenvalue weighted by Crippen LogP contribution is 2.23. The van der Waals surface area contributed by atoms with Crippen molar-refractivity contribution in [2.75, 3.05) is 13.1 Å². The highest BCUT2D eigenvalue weighted by Gasteiger charge is 2.27. The first kappa shape index (κ1) is 15.1. The minimum atomic E-state index is -0.836. The first-order chi connectivity index (χ1) is 9.47. The molecule has 1 aliphatic heterocycles. The average Bonchev–Trinajstić information content (AvgIpc) is 2.43. The largest absolute Gasteiger partial charge is 0.481 e. The van der Waals surface area contributed by atoms with E-state index in [0.29, 0.717) is 23.0 Å². The molecule has 108 valence electrons. The zero-order valence-corrected chi connectivity index (χ0v) is 12.3. The molecule has 1 N–H and O–H groups in total. The molecule has 1 heterocycles. The van der Waals surface area contributed by atoms with Crippen LogP contribution in [0.5, 0.6) is 0 Å². The highest BCUT2D eigenvalue weighted by molar-refractivity contribution is 6.42. The lowest BCUT2D eigenvalue weighted by molar-refractivity contribution is -0.145. The number of halogens is 2. The van der Waals surface area contributed by atoms with Crippen molar-refractivity contribution in [2.24, 2.45) is 5.92 Å². The second kappa shape index (κ2) is 6.46. The van der Waals surface area contributed by atoms with Crippen LogP contribution in [0.25, 0.3) is 0 Å². The van der Waals surface area contributed by atoms with Gasteiger partial charge in [-0.3, -0.25) is 9.59 Å². The van der Waals surface area contributed by atoms with E-state index in [0.717, 1.165) is 12.0 Å². The molecule has 0 spiro atoms. The highest BCUT2D eigenvalue weighted by atomic mass is 35.5. The molecule has 0 bridgehead atoms. The number of rotatable bonds is 3. The summed E-state index contributed by atoms with van der Waals surface area (Å²) in [5.41, 5.74) is 0.779. The van der Waals surface area contributed by atoms with E-state index in [9.17, 15) is 9.59 Å². The Bertz CT molecular complexity index is 533. The molecule has 1 fully saturated rings. The van der Waals surface area contributed by atoms with Crippen molar-refractivity contribution in [1.82, 2.24) is 4.90 Å². The standard InChI is InChI=1S/C14H15Cl2NO3/c15-11-4-3-9(6-12(11)16)7-13(18)17-5-1-2-10(8-17)14(19)20/h3-4,6,10H,1-2,5,7-8H2,(H,19,20)/t10-/m1/s1. The second-order valence-electron chi connectivity index (χ2n) is 4.94. The zero-order valence-electron chi connectivity index (χ0n) is 10.8. The number of carboxylic acid groups (broad SMARTS) is 1.